The van der Waals surface area contributed by atoms with Gasteiger partial charge in [0.1, 0.15) is 18.4 Å². The van der Waals surface area contributed by atoms with Crippen molar-refractivity contribution in [1.82, 2.24) is 24.4 Å². The fourth-order valence-corrected chi connectivity index (χ4v) is 4.23. The summed E-state index contributed by atoms with van der Waals surface area (Å²) in [5, 5.41) is 7.07. The smallest absolute Gasteiger partial charge is 0.291 e. The first-order valence-corrected chi connectivity index (χ1v) is 10.4. The minimum absolute atomic E-state index is 0.0559. The second-order valence-electron chi connectivity index (χ2n) is 6.54. The summed E-state index contributed by atoms with van der Waals surface area (Å²) < 4.78 is 4.12. The van der Waals surface area contributed by atoms with Crippen molar-refractivity contribution >= 4 is 33.0 Å². The molecule has 1 N–H and O–H groups in total. The Morgan fingerprint density at radius 3 is 2.70 bits per heavy atom. The zero-order valence-electron chi connectivity index (χ0n) is 16.2. The summed E-state index contributed by atoms with van der Waals surface area (Å²) in [6, 6.07) is 3.99. The molecule has 0 aliphatic carbocycles. The van der Waals surface area contributed by atoms with Crippen molar-refractivity contribution in [3.05, 3.63) is 33.7 Å². The van der Waals surface area contributed by atoms with Crippen molar-refractivity contribution in [2.24, 2.45) is 0 Å². The van der Waals surface area contributed by atoms with E-state index in [0.717, 1.165) is 42.7 Å². The number of nitrogens with one attached hydrogen (secondary N) is 1. The maximum atomic E-state index is 12.7. The third-order valence-electron chi connectivity index (χ3n) is 4.85. The lowest BCUT2D eigenvalue weighted by atomic mass is 10.3. The molecule has 0 atom stereocenters. The van der Waals surface area contributed by atoms with Gasteiger partial charge in [0, 0.05) is 11.4 Å². The van der Waals surface area contributed by atoms with Crippen molar-refractivity contribution in [3.8, 4) is 0 Å². The maximum Gasteiger partial charge on any atom is 0.291 e. The second kappa shape index (κ2) is 8.67. The Kier molecular flexibility index (Phi) is 6.28. The van der Waals surface area contributed by atoms with E-state index in [1.165, 1.54) is 9.56 Å². The topological polar surface area (TPSA) is 71.6 Å². The molecule has 0 aliphatic rings. The lowest BCUT2D eigenvalue weighted by Crippen LogP contribution is -2.35. The van der Waals surface area contributed by atoms with Crippen LogP contribution < -0.4 is 10.9 Å². The molecule has 8 heteroatoms. The molecule has 0 unspecified atom stereocenters. The molecule has 3 aromatic rings. The average molecular weight is 390 g/mol. The molecule has 146 valence electrons. The molecule has 3 rings (SSSR count). The van der Waals surface area contributed by atoms with Crippen LogP contribution >= 0.6 is 11.3 Å². The number of carbonyl (C=O) groups excluding carboxylic acids is 1. The molecule has 0 fully saturated rings. The van der Waals surface area contributed by atoms with Crippen LogP contribution in [0.4, 0.5) is 0 Å². The van der Waals surface area contributed by atoms with Crippen LogP contribution in [0.5, 0.6) is 0 Å². The zero-order valence-corrected chi connectivity index (χ0v) is 17.0. The van der Waals surface area contributed by atoms with Gasteiger partial charge in [-0.25, -0.2) is 4.68 Å². The molecule has 7 nitrogen and oxygen atoms in total. The van der Waals surface area contributed by atoms with Crippen molar-refractivity contribution in [3.63, 3.8) is 0 Å². The SMILES string of the molecule is CCc1cc2c(cc3c(=O)n(CC(=O)NCCCN(CC)CC)ncn32)s1. The number of aryl methyl sites for hydroxylation is 1. The summed E-state index contributed by atoms with van der Waals surface area (Å²) in [7, 11) is 0. The number of nitrogens with zero attached hydrogens (tertiary/aromatic N) is 4. The molecule has 0 aromatic carbocycles. The van der Waals surface area contributed by atoms with Gasteiger partial charge in [-0.15, -0.1) is 11.3 Å². The molecule has 3 aromatic heterocycles. The van der Waals surface area contributed by atoms with Crippen molar-refractivity contribution < 1.29 is 4.79 Å². The normalized spacial score (nSPS) is 11.7. The lowest BCUT2D eigenvalue weighted by Gasteiger charge is -2.17. The molecule has 1 amide bonds. The van der Waals surface area contributed by atoms with Crippen LogP contribution in [0.1, 0.15) is 32.1 Å². The average Bonchev–Trinajstić information content (AvgIpc) is 3.22. The number of hydrogen-bond acceptors (Lipinski definition) is 5. The molecular formula is C19H27N5O2S. The summed E-state index contributed by atoms with van der Waals surface area (Å²) in [5.74, 6) is -0.185. The molecule has 27 heavy (non-hydrogen) atoms. The van der Waals surface area contributed by atoms with Crippen molar-refractivity contribution in [1.29, 1.82) is 0 Å². The van der Waals surface area contributed by atoms with E-state index in [1.54, 1.807) is 17.7 Å². The third kappa shape index (κ3) is 4.22. The highest BCUT2D eigenvalue weighted by molar-refractivity contribution is 7.19. The van der Waals surface area contributed by atoms with Crippen LogP contribution in [0.2, 0.25) is 0 Å². The fourth-order valence-electron chi connectivity index (χ4n) is 3.20. The highest BCUT2D eigenvalue weighted by Crippen LogP contribution is 2.27. The van der Waals surface area contributed by atoms with E-state index in [2.05, 4.69) is 42.2 Å². The van der Waals surface area contributed by atoms with Gasteiger partial charge in [-0.2, -0.15) is 5.10 Å². The fraction of sp³-hybridized carbons (Fsp3) is 0.526. The number of fused-ring (bicyclic) bond motifs is 3. The minimum Gasteiger partial charge on any atom is -0.354 e. The van der Waals surface area contributed by atoms with Crippen LogP contribution in [-0.2, 0) is 17.8 Å². The molecular weight excluding hydrogens is 362 g/mol. The third-order valence-corrected chi connectivity index (χ3v) is 6.06. The highest BCUT2D eigenvalue weighted by atomic mass is 32.1. The first kappa shape index (κ1) is 19.6. The van der Waals surface area contributed by atoms with Crippen molar-refractivity contribution in [2.45, 2.75) is 40.2 Å². The van der Waals surface area contributed by atoms with E-state index < -0.39 is 0 Å². The second-order valence-corrected chi connectivity index (χ2v) is 7.71. The summed E-state index contributed by atoms with van der Waals surface area (Å²) >= 11 is 1.69. The Labute approximate surface area is 162 Å². The van der Waals surface area contributed by atoms with Gasteiger partial charge in [0.05, 0.1) is 10.2 Å². The van der Waals surface area contributed by atoms with Crippen LogP contribution in [0, 0.1) is 0 Å². The number of amides is 1. The summed E-state index contributed by atoms with van der Waals surface area (Å²) in [5.41, 5.74) is 1.32. The van der Waals surface area contributed by atoms with Crippen LogP contribution in [0.25, 0.3) is 15.7 Å². The van der Waals surface area contributed by atoms with E-state index in [9.17, 15) is 9.59 Å². The molecule has 0 spiro atoms. The van der Waals surface area contributed by atoms with Gasteiger partial charge in [0.15, 0.2) is 0 Å². The van der Waals surface area contributed by atoms with E-state index in [1.807, 2.05) is 10.5 Å². The Morgan fingerprint density at radius 2 is 2.00 bits per heavy atom. The van der Waals surface area contributed by atoms with Crippen LogP contribution in [-0.4, -0.2) is 51.2 Å². The molecule has 0 aliphatic heterocycles. The molecule has 0 radical (unpaired) electrons. The van der Waals surface area contributed by atoms with Crippen LogP contribution in [0.15, 0.2) is 23.3 Å². The maximum absolute atomic E-state index is 12.7. The summed E-state index contributed by atoms with van der Waals surface area (Å²) in [6.45, 7) is 9.90. The van der Waals surface area contributed by atoms with Gasteiger partial charge < -0.3 is 10.2 Å². The predicted octanol–water partition coefficient (Wildman–Crippen LogP) is 2.12. The van der Waals surface area contributed by atoms with E-state index in [0.29, 0.717) is 12.1 Å². The van der Waals surface area contributed by atoms with Crippen LogP contribution in [0.3, 0.4) is 0 Å². The highest BCUT2D eigenvalue weighted by Gasteiger charge is 2.13. The van der Waals surface area contributed by atoms with Gasteiger partial charge in [-0.3, -0.25) is 14.0 Å². The monoisotopic (exact) mass is 389 g/mol. The van der Waals surface area contributed by atoms with Gasteiger partial charge in [-0.05, 0) is 44.6 Å². The van der Waals surface area contributed by atoms with Crippen molar-refractivity contribution in [2.75, 3.05) is 26.2 Å². The van der Waals surface area contributed by atoms with Gasteiger partial charge in [0.2, 0.25) is 5.91 Å². The molecule has 3 heterocycles. The summed E-state index contributed by atoms with van der Waals surface area (Å²) in [6.07, 6.45) is 3.49. The number of rotatable bonds is 9. The number of hydrogen-bond donors (Lipinski definition) is 1. The minimum atomic E-state index is -0.239. The van der Waals surface area contributed by atoms with Gasteiger partial charge in [-0.1, -0.05) is 20.8 Å². The van der Waals surface area contributed by atoms with E-state index in [-0.39, 0.29) is 18.0 Å². The van der Waals surface area contributed by atoms with Gasteiger partial charge >= 0.3 is 0 Å². The van der Waals surface area contributed by atoms with E-state index in [4.69, 9.17) is 0 Å². The molecule has 0 bridgehead atoms. The quantitative estimate of drug-likeness (QED) is 0.569. The first-order valence-electron chi connectivity index (χ1n) is 9.56. The Balaban J connectivity index is 1.65. The lowest BCUT2D eigenvalue weighted by molar-refractivity contribution is -0.121. The Bertz CT molecular complexity index is 983. The zero-order chi connectivity index (χ0) is 19.4. The number of aromatic nitrogens is 3. The predicted molar refractivity (Wildman–Crippen MR) is 110 cm³/mol. The number of carbonyl (C=O) groups is 1. The van der Waals surface area contributed by atoms with Gasteiger partial charge in [0.25, 0.3) is 5.56 Å². The summed E-state index contributed by atoms with van der Waals surface area (Å²) in [4.78, 5) is 28.4. The Hall–Kier alpha value is -2.19. The molecule has 0 saturated heterocycles. The first-order chi connectivity index (χ1) is 13.1. The molecule has 0 saturated carbocycles. The standard InChI is InChI=1S/C19H27N5O2S/c1-4-14-10-15-17(27-14)11-16-19(26)24(21-13-23(15)16)12-18(25)20-8-7-9-22(5-2)6-3/h10-11,13H,4-9,12H2,1-3H3,(H,20,25). The largest absolute Gasteiger partial charge is 0.354 e. The number of thiophene rings is 1. The Morgan fingerprint density at radius 1 is 1.22 bits per heavy atom. The van der Waals surface area contributed by atoms with E-state index >= 15 is 0 Å².